The maximum Gasteiger partial charge on any atom is 0.125 e. The Balaban J connectivity index is 0.00000121. The smallest absolute Gasteiger partial charge is 0.125 e. The Morgan fingerprint density at radius 2 is 1.83 bits per heavy atom. The second-order valence-electron chi connectivity index (χ2n) is 3.19. The first kappa shape index (κ1) is 12.1. The molecule has 0 spiro atoms. The summed E-state index contributed by atoms with van der Waals surface area (Å²) in [4.78, 5) is 2.17. The third-order valence-electron chi connectivity index (χ3n) is 2.16. The fourth-order valence-electron chi connectivity index (χ4n) is 1.50. The van der Waals surface area contributed by atoms with Crippen LogP contribution in [0.2, 0.25) is 0 Å². The van der Waals surface area contributed by atoms with Gasteiger partial charge in [-0.25, -0.2) is 4.39 Å². The molecule has 2 nitrogen and oxygen atoms in total. The van der Waals surface area contributed by atoms with E-state index in [1.165, 1.54) is 19.3 Å². The first-order valence-corrected chi connectivity index (χ1v) is 4.39. The Morgan fingerprint density at radius 3 is 2.33 bits per heavy atom. The molecule has 4 heteroatoms. The van der Waals surface area contributed by atoms with Crippen LogP contribution in [0.5, 0.6) is 0 Å². The molecule has 0 aliphatic carbocycles. The number of nitrogens with zero attached hydrogens (tertiary/aromatic N) is 1. The van der Waals surface area contributed by atoms with Gasteiger partial charge in [-0.2, -0.15) is 0 Å². The first-order chi connectivity index (χ1) is 5.33. The number of rotatable bonds is 3. The molecule has 0 saturated carbocycles. The molecule has 0 amide bonds. The number of halogens is 2. The van der Waals surface area contributed by atoms with Crippen molar-refractivity contribution in [2.75, 3.05) is 26.2 Å². The van der Waals surface area contributed by atoms with Crippen LogP contribution in [-0.2, 0) is 0 Å². The predicted molar refractivity (Wildman–Crippen MR) is 51.5 cm³/mol. The standard InChI is InChI=1S/C8H17FN2.ClH/c9-8(6-10)7-11-4-2-1-3-5-11;/h8H,1-7,10H2;1H. The molecule has 0 aromatic rings. The van der Waals surface area contributed by atoms with Crippen molar-refractivity contribution in [3.05, 3.63) is 0 Å². The number of hydrogen-bond acceptors (Lipinski definition) is 2. The van der Waals surface area contributed by atoms with E-state index in [2.05, 4.69) is 4.90 Å². The SMILES string of the molecule is Cl.NCC(F)CN1CCCCC1. The molecule has 1 aliphatic rings. The van der Waals surface area contributed by atoms with Crippen molar-refractivity contribution in [2.24, 2.45) is 5.73 Å². The van der Waals surface area contributed by atoms with E-state index in [4.69, 9.17) is 5.73 Å². The van der Waals surface area contributed by atoms with E-state index in [1.807, 2.05) is 0 Å². The largest absolute Gasteiger partial charge is 0.328 e. The van der Waals surface area contributed by atoms with Crippen LogP contribution in [0.4, 0.5) is 4.39 Å². The summed E-state index contributed by atoms with van der Waals surface area (Å²) in [6.07, 6.45) is 2.91. The van der Waals surface area contributed by atoms with Crippen LogP contribution in [0.25, 0.3) is 0 Å². The lowest BCUT2D eigenvalue weighted by atomic mass is 10.1. The number of alkyl halides is 1. The average molecular weight is 197 g/mol. The van der Waals surface area contributed by atoms with Gasteiger partial charge in [0, 0.05) is 13.1 Å². The van der Waals surface area contributed by atoms with Crippen LogP contribution in [0.1, 0.15) is 19.3 Å². The van der Waals surface area contributed by atoms with Gasteiger partial charge in [-0.3, -0.25) is 0 Å². The summed E-state index contributed by atoms with van der Waals surface area (Å²) < 4.78 is 12.7. The molecule has 1 unspecified atom stereocenters. The molecule has 0 radical (unpaired) electrons. The summed E-state index contributed by atoms with van der Waals surface area (Å²) in [5.41, 5.74) is 5.19. The van der Waals surface area contributed by atoms with Gasteiger partial charge in [0.25, 0.3) is 0 Å². The number of piperidine rings is 1. The van der Waals surface area contributed by atoms with Crippen LogP contribution in [0.3, 0.4) is 0 Å². The number of nitrogens with two attached hydrogens (primary N) is 1. The summed E-state index contributed by atoms with van der Waals surface area (Å²) in [7, 11) is 0. The highest BCUT2D eigenvalue weighted by molar-refractivity contribution is 5.85. The van der Waals surface area contributed by atoms with Crippen molar-refractivity contribution >= 4 is 12.4 Å². The number of hydrogen-bond donors (Lipinski definition) is 1. The van der Waals surface area contributed by atoms with Gasteiger partial charge in [0.2, 0.25) is 0 Å². The lowest BCUT2D eigenvalue weighted by molar-refractivity contribution is 0.170. The van der Waals surface area contributed by atoms with Gasteiger partial charge in [-0.15, -0.1) is 12.4 Å². The molecule has 0 bridgehead atoms. The molecule has 1 fully saturated rings. The summed E-state index contributed by atoms with van der Waals surface area (Å²) in [5, 5.41) is 0. The fourth-order valence-corrected chi connectivity index (χ4v) is 1.50. The Morgan fingerprint density at radius 1 is 1.25 bits per heavy atom. The van der Waals surface area contributed by atoms with Gasteiger partial charge in [0.15, 0.2) is 0 Å². The fraction of sp³-hybridized carbons (Fsp3) is 1.00. The van der Waals surface area contributed by atoms with E-state index >= 15 is 0 Å². The first-order valence-electron chi connectivity index (χ1n) is 4.39. The minimum absolute atomic E-state index is 0. The molecule has 1 aliphatic heterocycles. The van der Waals surface area contributed by atoms with Crippen LogP contribution in [-0.4, -0.2) is 37.3 Å². The molecule has 1 atom stereocenters. The molecule has 12 heavy (non-hydrogen) atoms. The van der Waals surface area contributed by atoms with Gasteiger partial charge < -0.3 is 10.6 Å². The minimum atomic E-state index is -0.826. The highest BCUT2D eigenvalue weighted by Crippen LogP contribution is 2.09. The van der Waals surface area contributed by atoms with Crippen molar-refractivity contribution in [3.8, 4) is 0 Å². The summed E-state index contributed by atoms with van der Waals surface area (Å²) in [6.45, 7) is 2.81. The zero-order chi connectivity index (χ0) is 8.10. The molecular formula is C8H18ClFN2. The van der Waals surface area contributed by atoms with E-state index in [0.717, 1.165) is 13.1 Å². The second-order valence-corrected chi connectivity index (χ2v) is 3.19. The number of likely N-dealkylation sites (tertiary alicyclic amines) is 1. The van der Waals surface area contributed by atoms with E-state index in [-0.39, 0.29) is 19.0 Å². The quantitative estimate of drug-likeness (QED) is 0.735. The second kappa shape index (κ2) is 6.63. The Bertz CT molecular complexity index is 107. The zero-order valence-electron chi connectivity index (χ0n) is 7.34. The van der Waals surface area contributed by atoms with Crippen molar-refractivity contribution in [1.82, 2.24) is 4.90 Å². The van der Waals surface area contributed by atoms with Crippen LogP contribution < -0.4 is 5.73 Å². The molecule has 0 aromatic carbocycles. The summed E-state index contributed by atoms with van der Waals surface area (Å²) >= 11 is 0. The Hall–Kier alpha value is 0.140. The lowest BCUT2D eigenvalue weighted by Gasteiger charge is -2.27. The highest BCUT2D eigenvalue weighted by atomic mass is 35.5. The van der Waals surface area contributed by atoms with Gasteiger partial charge in [0.1, 0.15) is 6.17 Å². The third-order valence-corrected chi connectivity index (χ3v) is 2.16. The van der Waals surface area contributed by atoms with Crippen LogP contribution >= 0.6 is 12.4 Å². The normalized spacial score (nSPS) is 21.5. The molecule has 2 N–H and O–H groups in total. The predicted octanol–water partition coefficient (Wildman–Crippen LogP) is 1.19. The molecular weight excluding hydrogens is 179 g/mol. The van der Waals surface area contributed by atoms with Crippen LogP contribution in [0, 0.1) is 0 Å². The van der Waals surface area contributed by atoms with E-state index in [9.17, 15) is 4.39 Å². The van der Waals surface area contributed by atoms with Gasteiger partial charge in [-0.05, 0) is 25.9 Å². The summed E-state index contributed by atoms with van der Waals surface area (Å²) in [5.74, 6) is 0. The van der Waals surface area contributed by atoms with Gasteiger partial charge >= 0.3 is 0 Å². The average Bonchev–Trinajstić information content (AvgIpc) is 2.06. The monoisotopic (exact) mass is 196 g/mol. The maximum atomic E-state index is 12.7. The zero-order valence-corrected chi connectivity index (χ0v) is 8.15. The van der Waals surface area contributed by atoms with Gasteiger partial charge in [-0.1, -0.05) is 6.42 Å². The third kappa shape index (κ3) is 4.24. The minimum Gasteiger partial charge on any atom is -0.328 e. The van der Waals surface area contributed by atoms with E-state index in [0.29, 0.717) is 6.54 Å². The molecule has 1 heterocycles. The molecule has 0 aromatic heterocycles. The van der Waals surface area contributed by atoms with Crippen LogP contribution in [0.15, 0.2) is 0 Å². The van der Waals surface area contributed by atoms with Gasteiger partial charge in [0.05, 0.1) is 0 Å². The van der Waals surface area contributed by atoms with Crippen molar-refractivity contribution in [2.45, 2.75) is 25.4 Å². The Kier molecular flexibility index (Phi) is 6.71. The summed E-state index contributed by atoms with van der Waals surface area (Å²) in [6, 6.07) is 0. The lowest BCUT2D eigenvalue weighted by Crippen LogP contribution is -2.37. The maximum absolute atomic E-state index is 12.7. The highest BCUT2D eigenvalue weighted by Gasteiger charge is 2.13. The van der Waals surface area contributed by atoms with Crippen molar-refractivity contribution < 1.29 is 4.39 Å². The van der Waals surface area contributed by atoms with E-state index in [1.54, 1.807) is 0 Å². The molecule has 1 saturated heterocycles. The van der Waals surface area contributed by atoms with E-state index < -0.39 is 6.17 Å². The van der Waals surface area contributed by atoms with Crippen molar-refractivity contribution in [3.63, 3.8) is 0 Å². The van der Waals surface area contributed by atoms with Crippen molar-refractivity contribution in [1.29, 1.82) is 0 Å². The topological polar surface area (TPSA) is 29.3 Å². The molecule has 1 rings (SSSR count). The Labute approximate surface area is 79.7 Å². The molecule has 74 valence electrons.